The van der Waals surface area contributed by atoms with Crippen LogP contribution in [0, 0.1) is 6.92 Å². The normalized spacial score (nSPS) is 10.8. The smallest absolute Gasteiger partial charge is 0.229 e. The highest BCUT2D eigenvalue weighted by molar-refractivity contribution is 5.92. The molecule has 0 radical (unpaired) electrons. The summed E-state index contributed by atoms with van der Waals surface area (Å²) in [5.74, 6) is 1.25. The molecular formula is C22H20N4O2. The Kier molecular flexibility index (Phi) is 4.76. The van der Waals surface area contributed by atoms with Crippen LogP contribution in [0.25, 0.3) is 16.9 Å². The van der Waals surface area contributed by atoms with E-state index in [0.717, 1.165) is 28.1 Å². The van der Waals surface area contributed by atoms with Gasteiger partial charge in [-0.3, -0.25) is 14.2 Å². The molecule has 0 unspecified atom stereocenters. The molecule has 6 nitrogen and oxygen atoms in total. The van der Waals surface area contributed by atoms with Gasteiger partial charge in [0.1, 0.15) is 11.6 Å². The van der Waals surface area contributed by atoms with Gasteiger partial charge in [-0.25, -0.2) is 4.98 Å². The average molecular weight is 372 g/mol. The standard InChI is InChI=1S/C22H20N4O2/c1-15-7-3-4-8-16(15)11-22(27)25-21-13-24-20-12-23-18(14-26(20)21)17-9-5-6-10-19(17)28-2/h3-10,12-14H,11H2,1-2H3,(H,25,27). The number of carbonyl (C=O) groups excluding carboxylic acids is 1. The van der Waals surface area contributed by atoms with Crippen LogP contribution in [0.5, 0.6) is 5.75 Å². The van der Waals surface area contributed by atoms with E-state index in [2.05, 4.69) is 15.3 Å². The number of aryl methyl sites for hydroxylation is 1. The fourth-order valence-electron chi connectivity index (χ4n) is 3.15. The Hall–Kier alpha value is -3.67. The Morgan fingerprint density at radius 2 is 1.86 bits per heavy atom. The van der Waals surface area contributed by atoms with Crippen molar-refractivity contribution in [2.24, 2.45) is 0 Å². The van der Waals surface area contributed by atoms with Crippen LogP contribution in [0.4, 0.5) is 5.82 Å². The zero-order valence-electron chi connectivity index (χ0n) is 15.7. The van der Waals surface area contributed by atoms with Gasteiger partial charge in [0.2, 0.25) is 5.91 Å². The second-order valence-electron chi connectivity index (χ2n) is 6.50. The minimum atomic E-state index is -0.0910. The van der Waals surface area contributed by atoms with Crippen molar-refractivity contribution >= 4 is 17.4 Å². The summed E-state index contributed by atoms with van der Waals surface area (Å²) in [4.78, 5) is 21.4. The predicted molar refractivity (Wildman–Crippen MR) is 108 cm³/mol. The lowest BCUT2D eigenvalue weighted by molar-refractivity contribution is -0.115. The number of rotatable bonds is 5. The lowest BCUT2D eigenvalue weighted by atomic mass is 10.1. The second-order valence-corrected chi connectivity index (χ2v) is 6.50. The lowest BCUT2D eigenvalue weighted by Crippen LogP contribution is -2.16. The summed E-state index contributed by atoms with van der Waals surface area (Å²) in [6.45, 7) is 2.00. The van der Waals surface area contributed by atoms with Crippen LogP contribution in [-0.2, 0) is 11.2 Å². The summed E-state index contributed by atoms with van der Waals surface area (Å²) in [5, 5.41) is 2.95. The third kappa shape index (κ3) is 3.44. The maximum absolute atomic E-state index is 12.5. The number of carbonyl (C=O) groups is 1. The van der Waals surface area contributed by atoms with Gasteiger partial charge in [-0.05, 0) is 30.2 Å². The first-order valence-electron chi connectivity index (χ1n) is 8.96. The minimum absolute atomic E-state index is 0.0910. The van der Waals surface area contributed by atoms with Crippen molar-refractivity contribution in [2.45, 2.75) is 13.3 Å². The van der Waals surface area contributed by atoms with E-state index in [-0.39, 0.29) is 5.91 Å². The molecule has 0 aliphatic carbocycles. The van der Waals surface area contributed by atoms with Gasteiger partial charge in [0, 0.05) is 11.8 Å². The number of imidazole rings is 1. The van der Waals surface area contributed by atoms with E-state index < -0.39 is 0 Å². The Morgan fingerprint density at radius 1 is 1.07 bits per heavy atom. The summed E-state index contributed by atoms with van der Waals surface area (Å²) in [6, 6.07) is 15.6. The molecule has 6 heteroatoms. The molecule has 0 saturated carbocycles. The molecule has 0 atom stereocenters. The highest BCUT2D eigenvalue weighted by Crippen LogP contribution is 2.28. The van der Waals surface area contributed by atoms with Crippen molar-refractivity contribution in [1.82, 2.24) is 14.4 Å². The molecule has 2 aromatic heterocycles. The summed E-state index contributed by atoms with van der Waals surface area (Å²) in [6.07, 6.45) is 5.48. The van der Waals surface area contributed by atoms with Crippen molar-refractivity contribution in [3.63, 3.8) is 0 Å². The van der Waals surface area contributed by atoms with E-state index in [0.29, 0.717) is 17.9 Å². The number of fused-ring (bicyclic) bond motifs is 1. The number of amides is 1. The molecular weight excluding hydrogens is 352 g/mol. The van der Waals surface area contributed by atoms with Gasteiger partial charge >= 0.3 is 0 Å². The number of ether oxygens (including phenoxy) is 1. The van der Waals surface area contributed by atoms with Gasteiger partial charge in [-0.15, -0.1) is 0 Å². The molecule has 140 valence electrons. The number of para-hydroxylation sites is 1. The largest absolute Gasteiger partial charge is 0.496 e. The van der Waals surface area contributed by atoms with Gasteiger partial charge in [-0.1, -0.05) is 36.4 Å². The number of anilines is 1. The SMILES string of the molecule is COc1ccccc1-c1cn2c(NC(=O)Cc3ccccc3C)cnc2cn1. The van der Waals surface area contributed by atoms with Crippen LogP contribution >= 0.6 is 0 Å². The van der Waals surface area contributed by atoms with Crippen LogP contribution in [0.3, 0.4) is 0 Å². The summed E-state index contributed by atoms with van der Waals surface area (Å²) < 4.78 is 7.25. The third-order valence-corrected chi connectivity index (χ3v) is 4.66. The molecule has 1 amide bonds. The molecule has 28 heavy (non-hydrogen) atoms. The van der Waals surface area contributed by atoms with Crippen molar-refractivity contribution < 1.29 is 9.53 Å². The topological polar surface area (TPSA) is 68.5 Å². The van der Waals surface area contributed by atoms with E-state index in [4.69, 9.17) is 4.74 Å². The Bertz CT molecular complexity index is 1150. The van der Waals surface area contributed by atoms with E-state index >= 15 is 0 Å². The molecule has 0 spiro atoms. The summed E-state index contributed by atoms with van der Waals surface area (Å²) in [5.41, 5.74) is 4.36. The number of aromatic nitrogens is 3. The highest BCUT2D eigenvalue weighted by atomic mass is 16.5. The van der Waals surface area contributed by atoms with Crippen LogP contribution in [0.1, 0.15) is 11.1 Å². The maximum Gasteiger partial charge on any atom is 0.229 e. The molecule has 1 N–H and O–H groups in total. The van der Waals surface area contributed by atoms with Crippen LogP contribution in [0.15, 0.2) is 67.1 Å². The van der Waals surface area contributed by atoms with Crippen LogP contribution < -0.4 is 10.1 Å². The van der Waals surface area contributed by atoms with E-state index in [9.17, 15) is 4.79 Å². The number of hydrogen-bond acceptors (Lipinski definition) is 4. The first kappa shape index (κ1) is 17.7. The van der Waals surface area contributed by atoms with Gasteiger partial charge < -0.3 is 10.1 Å². The summed E-state index contributed by atoms with van der Waals surface area (Å²) >= 11 is 0. The molecule has 2 aromatic carbocycles. The predicted octanol–water partition coefficient (Wildman–Crippen LogP) is 3.89. The van der Waals surface area contributed by atoms with Crippen LogP contribution in [0.2, 0.25) is 0 Å². The number of nitrogens with one attached hydrogen (secondary N) is 1. The molecule has 0 bridgehead atoms. The number of methoxy groups -OCH3 is 1. The van der Waals surface area contributed by atoms with Crippen molar-refractivity contribution in [2.75, 3.05) is 12.4 Å². The quantitative estimate of drug-likeness (QED) is 0.577. The Balaban J connectivity index is 1.63. The number of benzene rings is 2. The Labute approximate surface area is 162 Å². The highest BCUT2D eigenvalue weighted by Gasteiger charge is 2.12. The first-order chi connectivity index (χ1) is 13.7. The van der Waals surface area contributed by atoms with E-state index in [1.165, 1.54) is 0 Å². The molecule has 0 aliphatic heterocycles. The van der Waals surface area contributed by atoms with E-state index in [1.54, 1.807) is 19.5 Å². The first-order valence-corrected chi connectivity index (χ1v) is 8.96. The average Bonchev–Trinajstić information content (AvgIpc) is 3.11. The second kappa shape index (κ2) is 7.52. The van der Waals surface area contributed by atoms with Gasteiger partial charge in [0.15, 0.2) is 5.65 Å². The van der Waals surface area contributed by atoms with Gasteiger partial charge in [0.25, 0.3) is 0 Å². The minimum Gasteiger partial charge on any atom is -0.496 e. The number of nitrogens with zero attached hydrogens (tertiary/aromatic N) is 3. The number of hydrogen-bond donors (Lipinski definition) is 1. The van der Waals surface area contributed by atoms with Gasteiger partial charge in [0.05, 0.1) is 31.6 Å². The van der Waals surface area contributed by atoms with Crippen LogP contribution in [-0.4, -0.2) is 27.4 Å². The molecule has 0 saturated heterocycles. The van der Waals surface area contributed by atoms with Crippen molar-refractivity contribution in [1.29, 1.82) is 0 Å². The molecule has 2 heterocycles. The Morgan fingerprint density at radius 3 is 2.68 bits per heavy atom. The lowest BCUT2D eigenvalue weighted by Gasteiger charge is -2.10. The maximum atomic E-state index is 12.5. The van der Waals surface area contributed by atoms with Crippen molar-refractivity contribution in [3.8, 4) is 17.0 Å². The summed E-state index contributed by atoms with van der Waals surface area (Å²) in [7, 11) is 1.63. The molecule has 4 rings (SSSR count). The monoisotopic (exact) mass is 372 g/mol. The van der Waals surface area contributed by atoms with Gasteiger partial charge in [-0.2, -0.15) is 0 Å². The molecule has 4 aromatic rings. The fourth-order valence-corrected chi connectivity index (χ4v) is 3.15. The zero-order valence-corrected chi connectivity index (χ0v) is 15.7. The molecule has 0 aliphatic rings. The zero-order chi connectivity index (χ0) is 19.5. The fraction of sp³-hybridized carbons (Fsp3) is 0.136. The van der Waals surface area contributed by atoms with E-state index in [1.807, 2.05) is 66.1 Å². The third-order valence-electron chi connectivity index (χ3n) is 4.66. The molecule has 0 fully saturated rings. The van der Waals surface area contributed by atoms with Crippen molar-refractivity contribution in [3.05, 3.63) is 78.2 Å².